The summed E-state index contributed by atoms with van der Waals surface area (Å²) in [6, 6.07) is 13.0. The minimum absolute atomic E-state index is 0.0377. The number of fused-ring (bicyclic) bond motifs is 2. The molecule has 448 valence electrons. The fraction of sp³-hybridized carbons (Fsp3) is 0.276. The Morgan fingerprint density at radius 2 is 0.931 bits per heavy atom. The minimum Gasteiger partial charge on any atom is -0.472 e. The number of carbonyl (C=O) groups is 2. The first-order valence-electron chi connectivity index (χ1n) is 26.4. The van der Waals surface area contributed by atoms with Gasteiger partial charge in [0.2, 0.25) is 0 Å². The molecule has 0 saturated heterocycles. The van der Waals surface area contributed by atoms with Gasteiger partial charge in [0, 0.05) is 59.0 Å². The van der Waals surface area contributed by atoms with Gasteiger partial charge >= 0.3 is 11.9 Å². The number of ether oxygens (including phenoxy) is 5. The van der Waals surface area contributed by atoms with E-state index in [0.717, 1.165) is 46.9 Å². The zero-order chi connectivity index (χ0) is 61.1. The summed E-state index contributed by atoms with van der Waals surface area (Å²) in [6.07, 6.45) is 0.422. The van der Waals surface area contributed by atoms with Gasteiger partial charge in [0.25, 0.3) is 22.1 Å². The van der Waals surface area contributed by atoms with Crippen LogP contribution in [0.5, 0.6) is 22.1 Å². The van der Waals surface area contributed by atoms with Gasteiger partial charge in [-0.1, -0.05) is 32.9 Å². The summed E-state index contributed by atoms with van der Waals surface area (Å²) in [5.74, 6) is -14.3. The molecule has 17 nitrogen and oxygen atoms in total. The van der Waals surface area contributed by atoms with Crippen LogP contribution in [0.4, 0.5) is 43.9 Å². The lowest BCUT2D eigenvalue weighted by Crippen LogP contribution is -2.18. The summed E-state index contributed by atoms with van der Waals surface area (Å²) in [5.41, 5.74) is -5.05. The summed E-state index contributed by atoms with van der Waals surface area (Å²) in [6.45, 7) is -2.32. The highest BCUT2D eigenvalue weighted by atomic mass is 32.1. The van der Waals surface area contributed by atoms with Crippen molar-refractivity contribution in [2.45, 2.75) is 64.8 Å². The Morgan fingerprint density at radius 3 is 1.30 bits per heavy atom. The van der Waals surface area contributed by atoms with Crippen molar-refractivity contribution in [3.63, 3.8) is 0 Å². The van der Waals surface area contributed by atoms with Crippen LogP contribution in [0.3, 0.4) is 0 Å². The first-order valence-corrected chi connectivity index (χ1v) is 28.0. The van der Waals surface area contributed by atoms with Crippen molar-refractivity contribution in [2.75, 3.05) is 27.6 Å². The number of methoxy groups -OCH3 is 2. The summed E-state index contributed by atoms with van der Waals surface area (Å²) < 4.78 is 184. The number of imidazole rings is 2. The number of pyridine rings is 2. The monoisotopic (exact) mass is 1240 g/mol. The fourth-order valence-electron chi connectivity index (χ4n) is 9.76. The lowest BCUT2D eigenvalue weighted by atomic mass is 10.0. The predicted octanol–water partition coefficient (Wildman–Crippen LogP) is 12.2. The van der Waals surface area contributed by atoms with Crippen molar-refractivity contribution in [2.24, 2.45) is 10.8 Å². The molecule has 0 aliphatic heterocycles. The van der Waals surface area contributed by atoms with Crippen molar-refractivity contribution in [3.8, 4) is 44.7 Å². The molecule has 0 spiro atoms. The van der Waals surface area contributed by atoms with Crippen molar-refractivity contribution < 1.29 is 77.2 Å². The van der Waals surface area contributed by atoms with Crippen molar-refractivity contribution in [1.29, 1.82) is 0 Å². The molecule has 2 aliphatic rings. The third-order valence-corrected chi connectivity index (χ3v) is 16.8. The van der Waals surface area contributed by atoms with Gasteiger partial charge < -0.3 is 32.8 Å². The number of alkyl halides is 2. The van der Waals surface area contributed by atoms with Gasteiger partial charge in [-0.2, -0.15) is 0 Å². The Hall–Kier alpha value is -9.12. The van der Waals surface area contributed by atoms with E-state index in [1.807, 2.05) is 0 Å². The summed E-state index contributed by atoms with van der Waals surface area (Å²) in [4.78, 5) is 44.7. The van der Waals surface area contributed by atoms with E-state index in [4.69, 9.17) is 23.7 Å². The number of nitrogens with zero attached hydrogens (tertiary/aromatic N) is 10. The topological polar surface area (TPSA) is 193 Å². The van der Waals surface area contributed by atoms with E-state index >= 15 is 26.3 Å². The number of aromatic nitrogens is 10. The summed E-state index contributed by atoms with van der Waals surface area (Å²) >= 11 is 2.01. The molecule has 0 bridgehead atoms. The molecule has 87 heavy (non-hydrogen) atoms. The van der Waals surface area contributed by atoms with Crippen LogP contribution in [0.25, 0.3) is 44.6 Å². The molecule has 12 rings (SSSR count). The molecule has 2 aliphatic carbocycles. The zero-order valence-corrected chi connectivity index (χ0v) is 47.0. The van der Waals surface area contributed by atoms with E-state index in [0.29, 0.717) is 37.8 Å². The number of esters is 2. The first kappa shape index (κ1) is 58.3. The molecule has 0 amide bonds. The second-order valence-electron chi connectivity index (χ2n) is 20.8. The smallest absolute Gasteiger partial charge is 0.346 e. The number of benzene rings is 4. The lowest BCUT2D eigenvalue weighted by Gasteiger charge is -2.17. The van der Waals surface area contributed by atoms with Crippen molar-refractivity contribution in [3.05, 3.63) is 163 Å². The van der Waals surface area contributed by atoms with Crippen LogP contribution in [0.15, 0.2) is 72.8 Å². The molecule has 6 heterocycles. The fourth-order valence-corrected chi connectivity index (χ4v) is 10.9. The van der Waals surface area contributed by atoms with Crippen LogP contribution >= 0.6 is 22.7 Å². The predicted molar refractivity (Wildman–Crippen MR) is 291 cm³/mol. The van der Waals surface area contributed by atoms with Gasteiger partial charge in [0.05, 0.1) is 72.2 Å². The molecule has 0 N–H and O–H groups in total. The van der Waals surface area contributed by atoms with Crippen LogP contribution in [0.2, 0.25) is 0 Å². The highest BCUT2D eigenvalue weighted by Gasteiger charge is 2.45. The molecule has 4 aromatic carbocycles. The van der Waals surface area contributed by atoms with Gasteiger partial charge in [-0.3, -0.25) is 8.78 Å². The van der Waals surface area contributed by atoms with Gasteiger partial charge in [-0.15, -0.1) is 10.2 Å². The average molecular weight is 1250 g/mol. The maximum absolute atomic E-state index is 16.1. The van der Waals surface area contributed by atoms with E-state index in [1.165, 1.54) is 59.8 Å². The molecule has 29 heteroatoms. The molecular weight excluding hydrogens is 1200 g/mol. The second-order valence-corrected chi connectivity index (χ2v) is 22.9. The average Bonchev–Trinajstić information content (AvgIpc) is 1.81. The Balaban J connectivity index is 0.792. The lowest BCUT2D eigenvalue weighted by molar-refractivity contribution is 0.0397. The normalized spacial score (nSPS) is 14.0. The SMILES string of the molecule is COc1nnc(COc2nc(-c3cc(F)c(Cc4nc5ccc(C(=O)OC(=O)c6ccc7nc(Cc8c(F)cc(-c9ccc(F)c(OCc%10nnc(OC)s%10)n9)c(F)c8F)n(CC8(CF)CC8)c7c6)cc5n4CC4(CF)CC4)c(F)c3F)ccc2F)s1. The molecule has 2 saturated carbocycles. The van der Waals surface area contributed by atoms with Crippen LogP contribution in [-0.4, -0.2) is 89.0 Å². The highest BCUT2D eigenvalue weighted by molar-refractivity contribution is 7.13. The van der Waals surface area contributed by atoms with Crippen molar-refractivity contribution in [1.82, 2.24) is 49.5 Å². The second kappa shape index (κ2) is 23.3. The van der Waals surface area contributed by atoms with Crippen molar-refractivity contribution >= 4 is 56.7 Å². The van der Waals surface area contributed by atoms with Crippen LogP contribution in [0.1, 0.15) is 79.2 Å². The van der Waals surface area contributed by atoms with Crippen LogP contribution in [-0.2, 0) is 43.9 Å². The zero-order valence-electron chi connectivity index (χ0n) is 45.3. The molecule has 0 unspecified atom stereocenters. The Morgan fingerprint density at radius 1 is 0.517 bits per heavy atom. The van der Waals surface area contributed by atoms with Crippen LogP contribution in [0, 0.1) is 57.4 Å². The summed E-state index contributed by atoms with van der Waals surface area (Å²) in [7, 11) is 2.75. The first-order chi connectivity index (χ1) is 41.9. The van der Waals surface area contributed by atoms with Gasteiger partial charge in [-0.25, -0.2) is 64.6 Å². The third-order valence-electron chi connectivity index (χ3n) is 15.0. The number of hydrogen-bond acceptors (Lipinski definition) is 17. The van der Waals surface area contributed by atoms with E-state index in [-0.39, 0.29) is 103 Å². The van der Waals surface area contributed by atoms with Gasteiger partial charge in [0.1, 0.15) is 36.5 Å². The maximum atomic E-state index is 16.1. The Kier molecular flexibility index (Phi) is 15.6. The molecule has 0 radical (unpaired) electrons. The Labute approximate surface area is 492 Å². The molecule has 6 aromatic heterocycles. The molecule has 10 aromatic rings. The standard InChI is InChI=1S/C58H42F10N10O7S2/c1-81-55-75-73-45(86-55)21-83-51-33(61)5-9-37(71-51)31-17-35(63)29(47(65)49(31)67)19-43-69-39-7-3-27(15-41(39)77(43)25-57(23-59)11-12-57)53(79)85-54(80)28-4-8-40-42(16-28)78(26-58(24-60)13-14-58)44(70-40)20-30-36(64)18-32(50(68)48(30)66)38-10-6-34(62)52(72-38)84-22-46-74-76-56(82-2)87-46/h3-10,15-18H,11-14,19-26H2,1-2H3. The van der Waals surface area contributed by atoms with E-state index < -0.39 is 130 Å². The van der Waals surface area contributed by atoms with Crippen LogP contribution < -0.4 is 18.9 Å². The number of halogens is 10. The third kappa shape index (κ3) is 11.6. The van der Waals surface area contributed by atoms with E-state index in [9.17, 15) is 27.2 Å². The number of hydrogen-bond donors (Lipinski definition) is 0. The minimum atomic E-state index is -1.61. The van der Waals surface area contributed by atoms with E-state index in [2.05, 4.69) is 40.3 Å². The highest BCUT2D eigenvalue weighted by Crippen LogP contribution is 2.49. The number of rotatable bonds is 22. The largest absolute Gasteiger partial charge is 0.472 e. The summed E-state index contributed by atoms with van der Waals surface area (Å²) in [5, 5.41) is 16.2. The van der Waals surface area contributed by atoms with Gasteiger partial charge in [-0.05, 0) is 98.5 Å². The molecule has 0 atom stereocenters. The van der Waals surface area contributed by atoms with Gasteiger partial charge in [0.15, 0.2) is 44.9 Å². The number of carbonyl (C=O) groups excluding carboxylic acids is 2. The molecule has 2 fully saturated rings. The quantitative estimate of drug-likeness (QED) is 0.0269. The Bertz CT molecular complexity index is 4110. The molecular formula is C58H42F10N10O7S2. The van der Waals surface area contributed by atoms with E-state index in [1.54, 1.807) is 0 Å². The maximum Gasteiger partial charge on any atom is 0.346 e.